The summed E-state index contributed by atoms with van der Waals surface area (Å²) >= 11 is 1.48. The fraction of sp³-hybridized carbons (Fsp3) is 0.143. The third-order valence-corrected chi connectivity index (χ3v) is 3.52. The summed E-state index contributed by atoms with van der Waals surface area (Å²) < 4.78 is 10.1. The van der Waals surface area contributed by atoms with Gasteiger partial charge in [-0.3, -0.25) is 0 Å². The molecule has 0 unspecified atom stereocenters. The Kier molecular flexibility index (Phi) is 4.06. The quantitative estimate of drug-likeness (QED) is 0.899. The van der Waals surface area contributed by atoms with E-state index >= 15 is 0 Å². The molecule has 0 radical (unpaired) electrons. The van der Waals surface area contributed by atoms with E-state index in [-0.39, 0.29) is 11.5 Å². The molecule has 0 aliphatic heterocycles. The van der Waals surface area contributed by atoms with Crippen molar-refractivity contribution in [3.05, 3.63) is 36.4 Å². The predicted molar refractivity (Wildman–Crippen MR) is 73.4 cm³/mol. The minimum absolute atomic E-state index is 0.107. The molecule has 19 heavy (non-hydrogen) atoms. The maximum atomic E-state index is 9.53. The van der Waals surface area contributed by atoms with Crippen LogP contribution in [0.25, 0.3) is 0 Å². The summed E-state index contributed by atoms with van der Waals surface area (Å²) in [7, 11) is 3.01. The van der Waals surface area contributed by atoms with E-state index in [0.29, 0.717) is 11.5 Å². The predicted octanol–water partition coefficient (Wildman–Crippen LogP) is 3.27. The summed E-state index contributed by atoms with van der Waals surface area (Å²) in [6.07, 6.45) is 0. The first-order valence-electron chi connectivity index (χ1n) is 5.56. The maximum absolute atomic E-state index is 9.53. The van der Waals surface area contributed by atoms with E-state index in [1.807, 2.05) is 0 Å². The van der Waals surface area contributed by atoms with Crippen LogP contribution in [0.4, 0.5) is 0 Å². The lowest BCUT2D eigenvalue weighted by molar-refractivity contribution is 0.372. The highest BCUT2D eigenvalue weighted by atomic mass is 32.2. The molecule has 0 atom stereocenters. The molecule has 4 nitrogen and oxygen atoms in total. The first-order valence-corrected chi connectivity index (χ1v) is 6.37. The van der Waals surface area contributed by atoms with Crippen LogP contribution in [0.1, 0.15) is 0 Å². The molecule has 0 amide bonds. The fourth-order valence-electron chi connectivity index (χ4n) is 1.58. The van der Waals surface area contributed by atoms with Crippen molar-refractivity contribution in [1.29, 1.82) is 0 Å². The van der Waals surface area contributed by atoms with E-state index in [0.717, 1.165) is 9.79 Å². The molecule has 0 bridgehead atoms. The molecule has 0 spiro atoms. The van der Waals surface area contributed by atoms with Crippen LogP contribution < -0.4 is 9.47 Å². The molecule has 0 heterocycles. The van der Waals surface area contributed by atoms with Gasteiger partial charge in [0.1, 0.15) is 0 Å². The first kappa shape index (κ1) is 13.4. The highest BCUT2D eigenvalue weighted by Crippen LogP contribution is 2.37. The number of ether oxygens (including phenoxy) is 2. The zero-order chi connectivity index (χ0) is 13.8. The van der Waals surface area contributed by atoms with Gasteiger partial charge in [-0.1, -0.05) is 11.8 Å². The molecular formula is C14H14O4S. The normalized spacial score (nSPS) is 10.2. The number of hydrogen-bond acceptors (Lipinski definition) is 5. The van der Waals surface area contributed by atoms with Crippen molar-refractivity contribution in [3.8, 4) is 23.0 Å². The minimum atomic E-state index is 0.107. The van der Waals surface area contributed by atoms with Gasteiger partial charge in [0.2, 0.25) is 0 Å². The van der Waals surface area contributed by atoms with E-state index in [9.17, 15) is 10.2 Å². The van der Waals surface area contributed by atoms with Gasteiger partial charge >= 0.3 is 0 Å². The van der Waals surface area contributed by atoms with E-state index in [4.69, 9.17) is 9.47 Å². The zero-order valence-electron chi connectivity index (χ0n) is 10.6. The van der Waals surface area contributed by atoms with Gasteiger partial charge in [-0.25, -0.2) is 0 Å². The third kappa shape index (κ3) is 3.06. The van der Waals surface area contributed by atoms with E-state index in [2.05, 4.69) is 0 Å². The minimum Gasteiger partial charge on any atom is -0.504 e. The molecule has 2 aromatic rings. The topological polar surface area (TPSA) is 58.9 Å². The van der Waals surface area contributed by atoms with Crippen molar-refractivity contribution in [2.75, 3.05) is 14.2 Å². The second kappa shape index (κ2) is 5.75. The molecule has 0 fully saturated rings. The molecule has 100 valence electrons. The number of phenols is 2. The van der Waals surface area contributed by atoms with Gasteiger partial charge in [-0.05, 0) is 36.4 Å². The largest absolute Gasteiger partial charge is 0.504 e. The molecule has 0 aromatic heterocycles. The van der Waals surface area contributed by atoms with Crippen LogP contribution in [0.3, 0.4) is 0 Å². The van der Waals surface area contributed by atoms with E-state index in [1.165, 1.54) is 26.0 Å². The number of hydrogen-bond donors (Lipinski definition) is 2. The Labute approximate surface area is 115 Å². The molecule has 0 saturated heterocycles. The van der Waals surface area contributed by atoms with Crippen molar-refractivity contribution in [3.63, 3.8) is 0 Å². The lowest BCUT2D eigenvalue weighted by Crippen LogP contribution is -1.85. The highest BCUT2D eigenvalue weighted by molar-refractivity contribution is 7.99. The summed E-state index contributed by atoms with van der Waals surface area (Å²) in [4.78, 5) is 1.84. The molecule has 2 aromatic carbocycles. The lowest BCUT2D eigenvalue weighted by Gasteiger charge is -2.08. The van der Waals surface area contributed by atoms with Gasteiger partial charge in [0.25, 0.3) is 0 Å². The standard InChI is InChI=1S/C14H14O4S/c1-17-13-7-9(3-5-11(13)15)19-10-4-6-12(16)14(8-10)18-2/h3-8,15-16H,1-2H3. The number of phenolic OH excluding ortho intramolecular Hbond substituents is 2. The van der Waals surface area contributed by atoms with E-state index in [1.54, 1.807) is 36.4 Å². The highest BCUT2D eigenvalue weighted by Gasteiger charge is 2.07. The van der Waals surface area contributed by atoms with Crippen LogP contribution in [-0.4, -0.2) is 24.4 Å². The van der Waals surface area contributed by atoms with Crippen molar-refractivity contribution in [2.24, 2.45) is 0 Å². The molecule has 0 aliphatic rings. The molecular weight excluding hydrogens is 264 g/mol. The van der Waals surface area contributed by atoms with Crippen LogP contribution in [0.5, 0.6) is 23.0 Å². The molecule has 0 aliphatic carbocycles. The fourth-order valence-corrected chi connectivity index (χ4v) is 2.46. The summed E-state index contributed by atoms with van der Waals surface area (Å²) in [5.41, 5.74) is 0. The summed E-state index contributed by atoms with van der Waals surface area (Å²) in [5.74, 6) is 1.07. The Bertz CT molecular complexity index is 532. The Morgan fingerprint density at radius 2 is 1.21 bits per heavy atom. The van der Waals surface area contributed by atoms with Crippen LogP contribution in [-0.2, 0) is 0 Å². The summed E-state index contributed by atoms with van der Waals surface area (Å²) in [6.45, 7) is 0. The molecule has 2 N–H and O–H groups in total. The Hall–Kier alpha value is -2.01. The first-order chi connectivity index (χ1) is 9.13. The second-order valence-electron chi connectivity index (χ2n) is 3.77. The van der Waals surface area contributed by atoms with E-state index < -0.39 is 0 Å². The lowest BCUT2D eigenvalue weighted by atomic mass is 10.3. The Morgan fingerprint density at radius 3 is 1.58 bits per heavy atom. The Balaban J connectivity index is 2.25. The van der Waals surface area contributed by atoms with Gasteiger partial charge in [0.05, 0.1) is 14.2 Å². The van der Waals surface area contributed by atoms with Crippen molar-refractivity contribution >= 4 is 11.8 Å². The average molecular weight is 278 g/mol. The average Bonchev–Trinajstić information content (AvgIpc) is 2.43. The summed E-state index contributed by atoms with van der Waals surface area (Å²) in [5, 5.41) is 19.1. The monoisotopic (exact) mass is 278 g/mol. The SMILES string of the molecule is COc1cc(Sc2ccc(O)c(OC)c2)ccc1O. The molecule has 0 saturated carbocycles. The van der Waals surface area contributed by atoms with Crippen LogP contribution in [0.2, 0.25) is 0 Å². The smallest absolute Gasteiger partial charge is 0.161 e. The zero-order valence-corrected chi connectivity index (χ0v) is 11.4. The number of aromatic hydroxyl groups is 2. The number of rotatable bonds is 4. The summed E-state index contributed by atoms with van der Waals surface area (Å²) in [6, 6.07) is 10.2. The van der Waals surface area contributed by atoms with Crippen LogP contribution in [0.15, 0.2) is 46.2 Å². The number of methoxy groups -OCH3 is 2. The van der Waals surface area contributed by atoms with Crippen LogP contribution in [0, 0.1) is 0 Å². The number of benzene rings is 2. The second-order valence-corrected chi connectivity index (χ2v) is 4.92. The maximum Gasteiger partial charge on any atom is 0.161 e. The molecule has 5 heteroatoms. The van der Waals surface area contributed by atoms with Crippen molar-refractivity contribution in [2.45, 2.75) is 9.79 Å². The molecule has 2 rings (SSSR count). The van der Waals surface area contributed by atoms with Gasteiger partial charge < -0.3 is 19.7 Å². The van der Waals surface area contributed by atoms with Gasteiger partial charge in [0.15, 0.2) is 23.0 Å². The third-order valence-electron chi connectivity index (χ3n) is 2.54. The van der Waals surface area contributed by atoms with Crippen molar-refractivity contribution in [1.82, 2.24) is 0 Å². The van der Waals surface area contributed by atoms with Gasteiger partial charge in [0, 0.05) is 9.79 Å². The Morgan fingerprint density at radius 1 is 0.789 bits per heavy atom. The van der Waals surface area contributed by atoms with Crippen molar-refractivity contribution < 1.29 is 19.7 Å². The van der Waals surface area contributed by atoms with Crippen LogP contribution >= 0.6 is 11.8 Å². The van der Waals surface area contributed by atoms with Gasteiger partial charge in [-0.15, -0.1) is 0 Å². The van der Waals surface area contributed by atoms with Gasteiger partial charge in [-0.2, -0.15) is 0 Å².